The number of hydrogen-bond acceptors (Lipinski definition) is 6. The number of aromatic nitrogens is 3. The van der Waals surface area contributed by atoms with Crippen LogP contribution in [0.25, 0.3) is 11.3 Å². The van der Waals surface area contributed by atoms with E-state index >= 15 is 0 Å². The molecule has 0 fully saturated rings. The van der Waals surface area contributed by atoms with Crippen molar-refractivity contribution in [1.82, 2.24) is 20.1 Å². The van der Waals surface area contributed by atoms with Crippen LogP contribution in [0.1, 0.15) is 33.2 Å². The van der Waals surface area contributed by atoms with E-state index in [0.29, 0.717) is 39.6 Å². The normalized spacial score (nSPS) is 15.0. The molecule has 33 heavy (non-hydrogen) atoms. The number of methoxy groups -OCH3 is 1. The second-order valence-electron chi connectivity index (χ2n) is 7.65. The number of phenols is 2. The van der Waals surface area contributed by atoms with Gasteiger partial charge in [-0.25, -0.2) is 0 Å². The third kappa shape index (κ3) is 3.54. The number of pyridine rings is 1. The van der Waals surface area contributed by atoms with Crippen molar-refractivity contribution in [2.75, 3.05) is 7.11 Å². The maximum absolute atomic E-state index is 13.5. The molecular weight excluding hydrogens is 444 g/mol. The van der Waals surface area contributed by atoms with Gasteiger partial charge >= 0.3 is 0 Å². The first-order valence-electron chi connectivity index (χ1n) is 10.1. The summed E-state index contributed by atoms with van der Waals surface area (Å²) in [5.74, 6) is 0.0231. The fraction of sp³-hybridized carbons (Fsp3) is 0.125. The lowest BCUT2D eigenvalue weighted by molar-refractivity contribution is 0.0729. The van der Waals surface area contributed by atoms with E-state index < -0.39 is 6.04 Å². The lowest BCUT2D eigenvalue weighted by Crippen LogP contribution is -2.29. The first kappa shape index (κ1) is 20.8. The van der Waals surface area contributed by atoms with E-state index in [1.165, 1.54) is 19.2 Å². The molecule has 0 saturated heterocycles. The summed E-state index contributed by atoms with van der Waals surface area (Å²) in [5.41, 5.74) is 3.33. The van der Waals surface area contributed by atoms with Crippen LogP contribution in [-0.4, -0.2) is 43.3 Å². The van der Waals surface area contributed by atoms with E-state index in [4.69, 9.17) is 16.3 Å². The molecule has 2 aromatic carbocycles. The zero-order valence-electron chi connectivity index (χ0n) is 17.5. The minimum Gasteiger partial charge on any atom is -0.507 e. The number of nitrogens with one attached hydrogen (secondary N) is 1. The third-order valence-electron chi connectivity index (χ3n) is 5.67. The number of carbonyl (C=O) groups excluding carboxylic acids is 1. The van der Waals surface area contributed by atoms with Gasteiger partial charge in [0.1, 0.15) is 17.1 Å². The van der Waals surface area contributed by atoms with Crippen molar-refractivity contribution >= 4 is 17.5 Å². The number of aromatic hydroxyl groups is 2. The molecule has 1 aliphatic rings. The third-order valence-corrected chi connectivity index (χ3v) is 5.91. The molecule has 1 aliphatic heterocycles. The van der Waals surface area contributed by atoms with Crippen LogP contribution in [0.3, 0.4) is 0 Å². The van der Waals surface area contributed by atoms with E-state index in [2.05, 4.69) is 15.2 Å². The Kier molecular flexibility index (Phi) is 5.14. The zero-order chi connectivity index (χ0) is 23.1. The molecule has 9 heteroatoms. The first-order valence-corrected chi connectivity index (χ1v) is 10.5. The second-order valence-corrected chi connectivity index (χ2v) is 8.09. The number of amides is 1. The molecule has 0 radical (unpaired) electrons. The van der Waals surface area contributed by atoms with Gasteiger partial charge in [0.25, 0.3) is 5.91 Å². The number of aromatic amines is 1. The Morgan fingerprint density at radius 3 is 2.73 bits per heavy atom. The van der Waals surface area contributed by atoms with Crippen LogP contribution in [0.2, 0.25) is 5.02 Å². The summed E-state index contributed by atoms with van der Waals surface area (Å²) in [6.45, 7) is 0.296. The molecule has 8 nitrogen and oxygen atoms in total. The summed E-state index contributed by atoms with van der Waals surface area (Å²) >= 11 is 6.18. The van der Waals surface area contributed by atoms with Crippen LogP contribution in [-0.2, 0) is 6.54 Å². The van der Waals surface area contributed by atoms with Crippen LogP contribution >= 0.6 is 11.6 Å². The average molecular weight is 463 g/mol. The molecule has 1 atom stereocenters. The van der Waals surface area contributed by atoms with Crippen molar-refractivity contribution in [2.24, 2.45) is 0 Å². The Morgan fingerprint density at radius 2 is 1.97 bits per heavy atom. The maximum Gasteiger partial charge on any atom is 0.273 e. The molecule has 4 aromatic rings. The van der Waals surface area contributed by atoms with Crippen LogP contribution in [0.4, 0.5) is 0 Å². The van der Waals surface area contributed by atoms with Crippen LogP contribution in [0.15, 0.2) is 60.9 Å². The summed E-state index contributed by atoms with van der Waals surface area (Å²) in [4.78, 5) is 19.3. The Morgan fingerprint density at radius 1 is 1.15 bits per heavy atom. The van der Waals surface area contributed by atoms with Gasteiger partial charge in [-0.05, 0) is 47.5 Å². The molecule has 3 N–H and O–H groups in total. The first-order chi connectivity index (χ1) is 16.0. The van der Waals surface area contributed by atoms with E-state index in [0.717, 1.165) is 5.56 Å². The number of carbonyl (C=O) groups is 1. The molecule has 0 aliphatic carbocycles. The zero-order valence-corrected chi connectivity index (χ0v) is 18.2. The van der Waals surface area contributed by atoms with Crippen LogP contribution in [0.5, 0.6) is 17.2 Å². The highest BCUT2D eigenvalue weighted by atomic mass is 35.5. The fourth-order valence-corrected chi connectivity index (χ4v) is 4.33. The van der Waals surface area contributed by atoms with E-state index in [9.17, 15) is 15.0 Å². The second kappa shape index (κ2) is 8.14. The monoisotopic (exact) mass is 462 g/mol. The Balaban J connectivity index is 1.70. The number of phenolic OH excluding ortho intramolecular Hbond substituents is 2. The van der Waals surface area contributed by atoms with Crippen molar-refractivity contribution < 1.29 is 19.7 Å². The summed E-state index contributed by atoms with van der Waals surface area (Å²) < 4.78 is 5.30. The van der Waals surface area contributed by atoms with Gasteiger partial charge in [0.05, 0.1) is 13.2 Å². The van der Waals surface area contributed by atoms with Crippen molar-refractivity contribution in [2.45, 2.75) is 12.6 Å². The lowest BCUT2D eigenvalue weighted by atomic mass is 9.95. The minimum absolute atomic E-state index is 0.00565. The topological polar surface area (TPSA) is 112 Å². The van der Waals surface area contributed by atoms with Gasteiger partial charge in [-0.2, -0.15) is 5.10 Å². The van der Waals surface area contributed by atoms with Crippen molar-refractivity contribution in [1.29, 1.82) is 0 Å². The number of rotatable bonds is 5. The summed E-state index contributed by atoms with van der Waals surface area (Å²) in [6, 6.07) is 12.8. The Hall–Kier alpha value is -4.04. The number of halogens is 1. The molecule has 3 heterocycles. The van der Waals surface area contributed by atoms with E-state index in [-0.39, 0.29) is 23.2 Å². The van der Waals surface area contributed by atoms with Crippen molar-refractivity contribution in [3.05, 3.63) is 88.3 Å². The van der Waals surface area contributed by atoms with Crippen molar-refractivity contribution in [3.63, 3.8) is 0 Å². The molecule has 2 aromatic heterocycles. The molecule has 0 bridgehead atoms. The number of ether oxygens (including phenoxy) is 1. The quantitative estimate of drug-likeness (QED) is 0.408. The largest absolute Gasteiger partial charge is 0.507 e. The molecule has 5 rings (SSSR count). The van der Waals surface area contributed by atoms with Gasteiger partial charge in [0.2, 0.25) is 0 Å². The highest BCUT2D eigenvalue weighted by Crippen LogP contribution is 2.46. The van der Waals surface area contributed by atoms with E-state index in [1.807, 2.05) is 12.1 Å². The maximum atomic E-state index is 13.5. The lowest BCUT2D eigenvalue weighted by Gasteiger charge is -2.27. The predicted molar refractivity (Wildman–Crippen MR) is 121 cm³/mol. The van der Waals surface area contributed by atoms with Crippen LogP contribution in [0, 0.1) is 0 Å². The van der Waals surface area contributed by atoms with E-state index in [1.54, 1.807) is 41.6 Å². The molecule has 166 valence electrons. The van der Waals surface area contributed by atoms with Crippen LogP contribution < -0.4 is 4.74 Å². The Bertz CT molecular complexity index is 1360. The number of H-pyrrole nitrogens is 1. The minimum atomic E-state index is -0.561. The number of fused-ring (bicyclic) bond motifs is 1. The average Bonchev–Trinajstić information content (AvgIpc) is 3.36. The van der Waals surface area contributed by atoms with Gasteiger partial charge in [0.15, 0.2) is 11.5 Å². The molecule has 1 amide bonds. The Labute approximate surface area is 194 Å². The van der Waals surface area contributed by atoms with Gasteiger partial charge in [-0.15, -0.1) is 0 Å². The molecular formula is C24H19ClN4O4. The fourth-order valence-electron chi connectivity index (χ4n) is 4.16. The van der Waals surface area contributed by atoms with Gasteiger partial charge in [-0.1, -0.05) is 23.7 Å². The highest BCUT2D eigenvalue weighted by Gasteiger charge is 2.42. The van der Waals surface area contributed by atoms with Gasteiger partial charge in [-0.3, -0.25) is 14.9 Å². The van der Waals surface area contributed by atoms with Gasteiger partial charge in [0, 0.05) is 35.1 Å². The number of nitrogens with zero attached hydrogens (tertiary/aromatic N) is 3. The molecule has 0 saturated carbocycles. The smallest absolute Gasteiger partial charge is 0.273 e. The summed E-state index contributed by atoms with van der Waals surface area (Å²) in [5, 5.41) is 28.2. The number of hydrogen-bond donors (Lipinski definition) is 3. The predicted octanol–water partition coefficient (Wildman–Crippen LogP) is 4.29. The van der Waals surface area contributed by atoms with Gasteiger partial charge < -0.3 is 19.8 Å². The van der Waals surface area contributed by atoms with Crippen molar-refractivity contribution in [3.8, 4) is 28.5 Å². The standard InChI is InChI=1S/C24H19ClN4O4/c1-33-19-9-14(4-6-18(19)31)23-20-21(16-10-15(25)5-7-17(16)30)27-28-22(20)24(32)29(23)12-13-3-2-8-26-11-13/h2-11,23,30-31H,12H2,1H3,(H,27,28)/t23-/m0/s1. The molecule has 0 spiro atoms. The highest BCUT2D eigenvalue weighted by molar-refractivity contribution is 6.31. The number of benzene rings is 2. The summed E-state index contributed by atoms with van der Waals surface area (Å²) in [6.07, 6.45) is 3.38. The molecule has 0 unspecified atom stereocenters. The SMILES string of the molecule is COc1cc([C@H]2c3c(-c4cc(Cl)ccc4O)n[nH]c3C(=O)N2Cc2cccnc2)ccc1O. The summed E-state index contributed by atoms with van der Waals surface area (Å²) in [7, 11) is 1.46.